The summed E-state index contributed by atoms with van der Waals surface area (Å²) in [7, 11) is 0. The van der Waals surface area contributed by atoms with Crippen LogP contribution in [0.2, 0.25) is 0 Å². The first-order chi connectivity index (χ1) is 11.9. The molecular weight excluding hydrogens is 334 g/mol. The van der Waals surface area contributed by atoms with Gasteiger partial charge in [0.2, 0.25) is 11.8 Å². The topological polar surface area (TPSA) is 58.2 Å². The van der Waals surface area contributed by atoms with Crippen LogP contribution in [0.4, 0.5) is 0 Å². The van der Waals surface area contributed by atoms with Gasteiger partial charge < -0.3 is 15.1 Å². The molecule has 1 fully saturated rings. The maximum absolute atomic E-state index is 12.7. The molecule has 0 spiro atoms. The summed E-state index contributed by atoms with van der Waals surface area (Å²) < 4.78 is 0.670. The van der Waals surface area contributed by atoms with E-state index in [4.69, 9.17) is 12.2 Å². The molecule has 1 aromatic carbocycles. The van der Waals surface area contributed by atoms with E-state index in [0.29, 0.717) is 4.48 Å². The van der Waals surface area contributed by atoms with Crippen LogP contribution in [0.25, 0.3) is 0 Å². The summed E-state index contributed by atoms with van der Waals surface area (Å²) in [5, 5.41) is 5.35. The van der Waals surface area contributed by atoms with Gasteiger partial charge in [0.1, 0.15) is 6.04 Å². The molecule has 1 heterocycles. The van der Waals surface area contributed by atoms with Crippen LogP contribution < -0.4 is 10.6 Å². The summed E-state index contributed by atoms with van der Waals surface area (Å²) in [5.74, 6) is -1.41. The first kappa shape index (κ1) is 19.5. The van der Waals surface area contributed by atoms with Gasteiger partial charge in [0.05, 0.1) is 19.6 Å². The molecule has 0 aliphatic carbocycles. The second-order valence-electron chi connectivity index (χ2n) is 6.49. The normalized spacial score (nSPS) is 17.2. The molecule has 0 unspecified atom stereocenters. The van der Waals surface area contributed by atoms with Gasteiger partial charge in [-0.1, -0.05) is 31.2 Å². The molecule has 1 aliphatic rings. The van der Waals surface area contributed by atoms with Gasteiger partial charge in [-0.3, -0.25) is 9.59 Å². The summed E-state index contributed by atoms with van der Waals surface area (Å²) in [6.07, 6.45) is 0.957. The Morgan fingerprint density at radius 1 is 0.960 bits per heavy atom. The van der Waals surface area contributed by atoms with E-state index in [1.165, 1.54) is 5.56 Å². The van der Waals surface area contributed by atoms with Crippen molar-refractivity contribution < 1.29 is 14.1 Å². The van der Waals surface area contributed by atoms with E-state index in [-0.39, 0.29) is 23.0 Å². The first-order valence-corrected chi connectivity index (χ1v) is 9.43. The predicted molar refractivity (Wildman–Crippen MR) is 103 cm³/mol. The largest absolute Gasteiger partial charge is 0.317 e. The lowest BCUT2D eigenvalue weighted by Gasteiger charge is -2.46. The number of amides is 2. The van der Waals surface area contributed by atoms with Crippen molar-refractivity contribution in [3.8, 4) is 0 Å². The van der Waals surface area contributed by atoms with Crippen LogP contribution in [-0.2, 0) is 16.0 Å². The van der Waals surface area contributed by atoms with E-state index in [1.54, 1.807) is 0 Å². The van der Waals surface area contributed by atoms with Crippen LogP contribution in [0.15, 0.2) is 24.3 Å². The SMILES string of the molecule is CCc1ccc([C@@H](C2C(=O)NC(=S)NC2=O)[N+](CC)(CC)CC)cc1. The highest BCUT2D eigenvalue weighted by Crippen LogP contribution is 2.36. The van der Waals surface area contributed by atoms with Crippen LogP contribution in [0.1, 0.15) is 44.9 Å². The number of nitrogens with zero attached hydrogens (tertiary/aromatic N) is 1. The van der Waals surface area contributed by atoms with Crippen molar-refractivity contribution in [2.75, 3.05) is 19.6 Å². The quantitative estimate of drug-likeness (QED) is 0.445. The zero-order valence-electron chi connectivity index (χ0n) is 15.5. The third-order valence-electron chi connectivity index (χ3n) is 5.56. The predicted octanol–water partition coefficient (Wildman–Crippen LogP) is 2.31. The van der Waals surface area contributed by atoms with Crippen molar-refractivity contribution in [1.82, 2.24) is 10.6 Å². The third-order valence-corrected chi connectivity index (χ3v) is 5.77. The highest BCUT2D eigenvalue weighted by atomic mass is 32.1. The second-order valence-corrected chi connectivity index (χ2v) is 6.90. The molecule has 0 radical (unpaired) electrons. The Kier molecular flexibility index (Phi) is 6.30. The lowest BCUT2D eigenvalue weighted by Crippen LogP contribution is -2.63. The van der Waals surface area contributed by atoms with E-state index in [1.807, 2.05) is 0 Å². The molecule has 1 saturated heterocycles. The minimum absolute atomic E-state index is 0.0916. The smallest absolute Gasteiger partial charge is 0.245 e. The molecule has 1 atom stereocenters. The molecule has 1 aliphatic heterocycles. The van der Waals surface area contributed by atoms with Crippen molar-refractivity contribution in [2.24, 2.45) is 5.92 Å². The zero-order valence-corrected chi connectivity index (χ0v) is 16.3. The minimum atomic E-state index is -0.793. The molecule has 2 rings (SSSR count). The number of carbonyl (C=O) groups is 2. The summed E-state index contributed by atoms with van der Waals surface area (Å²) >= 11 is 4.96. The Morgan fingerprint density at radius 3 is 1.84 bits per heavy atom. The molecule has 5 nitrogen and oxygen atoms in total. The Morgan fingerprint density at radius 2 is 1.44 bits per heavy atom. The number of hydrogen-bond acceptors (Lipinski definition) is 3. The third kappa shape index (κ3) is 3.75. The summed E-state index contributed by atoms with van der Waals surface area (Å²) in [4.78, 5) is 25.4. The summed E-state index contributed by atoms with van der Waals surface area (Å²) in [6.45, 7) is 11.0. The van der Waals surface area contributed by atoms with Crippen LogP contribution in [0.3, 0.4) is 0 Å². The lowest BCUT2D eigenvalue weighted by atomic mass is 9.86. The van der Waals surface area contributed by atoms with Gasteiger partial charge in [-0.2, -0.15) is 0 Å². The Hall–Kier alpha value is -1.79. The fraction of sp³-hybridized carbons (Fsp3) is 0.526. The summed E-state index contributed by atoms with van der Waals surface area (Å²) in [5.41, 5.74) is 2.26. The lowest BCUT2D eigenvalue weighted by molar-refractivity contribution is -0.954. The van der Waals surface area contributed by atoms with Gasteiger partial charge in [0.15, 0.2) is 11.0 Å². The standard InChI is InChI=1S/C19H27N3O2S/c1-5-13-9-11-14(12-10-13)16(22(6-2,7-3)8-4)15-17(23)20-19(25)21-18(15)24/h9-12,15-16H,5-8H2,1-4H3,(H-,20,21,23,24,25)/p+1/t16-/m0/s1. The highest BCUT2D eigenvalue weighted by molar-refractivity contribution is 7.80. The summed E-state index contributed by atoms with van der Waals surface area (Å²) in [6, 6.07) is 8.05. The van der Waals surface area contributed by atoms with Crippen molar-refractivity contribution in [3.63, 3.8) is 0 Å². The Bertz CT molecular complexity index is 625. The number of quaternary nitrogens is 1. The van der Waals surface area contributed by atoms with E-state index in [0.717, 1.165) is 31.6 Å². The van der Waals surface area contributed by atoms with Crippen molar-refractivity contribution in [3.05, 3.63) is 35.4 Å². The van der Waals surface area contributed by atoms with Gasteiger partial charge in [-0.05, 0) is 45.0 Å². The number of hydrogen-bond donors (Lipinski definition) is 2. The van der Waals surface area contributed by atoms with Crippen LogP contribution in [-0.4, -0.2) is 41.0 Å². The number of nitrogens with one attached hydrogen (secondary N) is 2. The fourth-order valence-corrected chi connectivity index (χ4v) is 4.05. The van der Waals surface area contributed by atoms with Crippen molar-refractivity contribution in [1.29, 1.82) is 0 Å². The second kappa shape index (κ2) is 8.06. The minimum Gasteiger partial charge on any atom is -0.317 e. The monoisotopic (exact) mass is 362 g/mol. The van der Waals surface area contributed by atoms with E-state index >= 15 is 0 Å². The first-order valence-electron chi connectivity index (χ1n) is 9.02. The van der Waals surface area contributed by atoms with Gasteiger partial charge >= 0.3 is 0 Å². The number of thiocarbonyl (C=S) groups is 1. The molecule has 0 saturated carbocycles. The maximum atomic E-state index is 12.7. The zero-order chi connectivity index (χ0) is 18.6. The Balaban J connectivity index is 2.56. The van der Waals surface area contributed by atoms with Gasteiger partial charge in [0.25, 0.3) is 0 Å². The Labute approximate surface area is 155 Å². The van der Waals surface area contributed by atoms with Crippen molar-refractivity contribution >= 4 is 29.1 Å². The van der Waals surface area contributed by atoms with Crippen LogP contribution >= 0.6 is 12.2 Å². The van der Waals surface area contributed by atoms with Gasteiger partial charge in [0, 0.05) is 5.56 Å². The molecule has 1 aromatic rings. The molecular formula is C19H28N3O2S+. The maximum Gasteiger partial charge on any atom is 0.245 e. The number of carbonyl (C=O) groups excluding carboxylic acids is 2. The average Bonchev–Trinajstić information content (AvgIpc) is 2.61. The number of benzene rings is 1. The van der Waals surface area contributed by atoms with Crippen LogP contribution in [0, 0.1) is 5.92 Å². The molecule has 2 amide bonds. The number of rotatable bonds is 7. The molecule has 0 bridgehead atoms. The van der Waals surface area contributed by atoms with Gasteiger partial charge in [-0.15, -0.1) is 0 Å². The van der Waals surface area contributed by atoms with Crippen LogP contribution in [0.5, 0.6) is 0 Å². The van der Waals surface area contributed by atoms with Crippen molar-refractivity contribution in [2.45, 2.75) is 40.2 Å². The molecule has 0 aromatic heterocycles. The molecule has 25 heavy (non-hydrogen) atoms. The molecule has 136 valence electrons. The van der Waals surface area contributed by atoms with E-state index in [9.17, 15) is 9.59 Å². The molecule has 6 heteroatoms. The van der Waals surface area contributed by atoms with E-state index < -0.39 is 5.92 Å². The number of aryl methyl sites for hydroxylation is 1. The van der Waals surface area contributed by atoms with Gasteiger partial charge in [-0.25, -0.2) is 0 Å². The fourth-order valence-electron chi connectivity index (χ4n) is 3.85. The average molecular weight is 363 g/mol. The van der Waals surface area contributed by atoms with E-state index in [2.05, 4.69) is 62.6 Å². The molecule has 2 N–H and O–H groups in total. The highest BCUT2D eigenvalue weighted by Gasteiger charge is 2.49.